The molecule has 0 radical (unpaired) electrons. The standard InChI is InChI=1S/C24H27N3O2S2/c1-17-7-5-8-18(2)27(17)31(28,29)21-15-13-20(14-16-21)25-24(30)26-23-12-6-10-19-9-3-4-11-22(19)23/h3-4,6,9-18H,5,7-8H2,1-2H3,(H2,25,26,30)/t17-,18-/m1/s1. The van der Waals surface area contributed by atoms with Crippen molar-refractivity contribution in [3.63, 3.8) is 0 Å². The lowest BCUT2D eigenvalue weighted by atomic mass is 10.0. The zero-order chi connectivity index (χ0) is 22.0. The minimum absolute atomic E-state index is 0.0176. The number of hydrogen-bond donors (Lipinski definition) is 2. The summed E-state index contributed by atoms with van der Waals surface area (Å²) >= 11 is 5.47. The maximum atomic E-state index is 13.2. The van der Waals surface area contributed by atoms with E-state index in [1.807, 2.05) is 44.2 Å². The first-order valence-corrected chi connectivity index (χ1v) is 12.4. The summed E-state index contributed by atoms with van der Waals surface area (Å²) in [6, 6.07) is 20.9. The second-order valence-corrected chi connectivity index (χ2v) is 10.3. The number of rotatable bonds is 4. The summed E-state index contributed by atoms with van der Waals surface area (Å²) in [6.45, 7) is 3.97. The molecule has 5 nitrogen and oxygen atoms in total. The molecule has 162 valence electrons. The van der Waals surface area contributed by atoms with Gasteiger partial charge in [0.15, 0.2) is 5.11 Å². The SMILES string of the molecule is C[C@@H]1CCC[C@@H](C)N1S(=O)(=O)c1ccc(NC(=S)Nc2cccc3ccccc23)cc1. The highest BCUT2D eigenvalue weighted by Gasteiger charge is 2.35. The number of thiocarbonyl (C=S) groups is 1. The van der Waals surface area contributed by atoms with Gasteiger partial charge in [-0.05, 0) is 74.6 Å². The smallest absolute Gasteiger partial charge is 0.243 e. The number of piperidine rings is 1. The maximum absolute atomic E-state index is 13.2. The number of sulfonamides is 1. The number of anilines is 2. The van der Waals surface area contributed by atoms with Crippen LogP contribution in [-0.2, 0) is 10.0 Å². The average molecular weight is 454 g/mol. The molecule has 1 aliphatic rings. The molecule has 3 aromatic carbocycles. The van der Waals surface area contributed by atoms with Gasteiger partial charge in [-0.15, -0.1) is 0 Å². The molecular weight excluding hydrogens is 426 g/mol. The van der Waals surface area contributed by atoms with Crippen LogP contribution >= 0.6 is 12.2 Å². The third kappa shape index (κ3) is 4.59. The maximum Gasteiger partial charge on any atom is 0.243 e. The van der Waals surface area contributed by atoms with Crippen LogP contribution < -0.4 is 10.6 Å². The Morgan fingerprint density at radius 1 is 0.903 bits per heavy atom. The zero-order valence-corrected chi connectivity index (χ0v) is 19.3. The molecule has 3 aromatic rings. The van der Waals surface area contributed by atoms with Gasteiger partial charge in [-0.1, -0.05) is 42.8 Å². The van der Waals surface area contributed by atoms with E-state index in [9.17, 15) is 8.42 Å². The van der Waals surface area contributed by atoms with Gasteiger partial charge in [-0.2, -0.15) is 4.31 Å². The fourth-order valence-corrected chi connectivity index (χ4v) is 6.43. The average Bonchev–Trinajstić information content (AvgIpc) is 2.74. The second kappa shape index (κ2) is 8.94. The van der Waals surface area contributed by atoms with Crippen molar-refractivity contribution in [1.29, 1.82) is 0 Å². The van der Waals surface area contributed by atoms with Crippen molar-refractivity contribution < 1.29 is 8.42 Å². The van der Waals surface area contributed by atoms with Gasteiger partial charge in [0, 0.05) is 28.8 Å². The number of nitrogens with zero attached hydrogens (tertiary/aromatic N) is 1. The highest BCUT2D eigenvalue weighted by Crippen LogP contribution is 2.30. The summed E-state index contributed by atoms with van der Waals surface area (Å²) in [5, 5.41) is 9.04. The van der Waals surface area contributed by atoms with E-state index in [-0.39, 0.29) is 12.1 Å². The van der Waals surface area contributed by atoms with E-state index < -0.39 is 10.0 Å². The van der Waals surface area contributed by atoms with Crippen molar-refractivity contribution in [3.8, 4) is 0 Å². The second-order valence-electron chi connectivity index (χ2n) is 8.09. The largest absolute Gasteiger partial charge is 0.332 e. The van der Waals surface area contributed by atoms with Crippen LogP contribution in [0.4, 0.5) is 11.4 Å². The van der Waals surface area contributed by atoms with Crippen LogP contribution in [0.1, 0.15) is 33.1 Å². The summed E-state index contributed by atoms with van der Waals surface area (Å²) in [5.41, 5.74) is 1.65. The number of hydrogen-bond acceptors (Lipinski definition) is 3. The van der Waals surface area contributed by atoms with E-state index in [0.29, 0.717) is 10.0 Å². The van der Waals surface area contributed by atoms with Crippen LogP contribution in [0.2, 0.25) is 0 Å². The van der Waals surface area contributed by atoms with Crippen molar-refractivity contribution in [2.45, 2.75) is 50.1 Å². The molecule has 2 N–H and O–H groups in total. The van der Waals surface area contributed by atoms with Crippen LogP contribution in [-0.4, -0.2) is 29.9 Å². The molecule has 2 atom stereocenters. The van der Waals surface area contributed by atoms with E-state index in [1.54, 1.807) is 28.6 Å². The van der Waals surface area contributed by atoms with Crippen LogP contribution in [0.5, 0.6) is 0 Å². The number of benzene rings is 3. The molecule has 1 aliphatic heterocycles. The van der Waals surface area contributed by atoms with Gasteiger partial charge in [0.05, 0.1) is 4.90 Å². The highest BCUT2D eigenvalue weighted by molar-refractivity contribution is 7.89. The number of fused-ring (bicyclic) bond motifs is 1. The first-order chi connectivity index (χ1) is 14.9. The van der Waals surface area contributed by atoms with Crippen molar-refractivity contribution in [2.75, 3.05) is 10.6 Å². The molecule has 7 heteroatoms. The molecule has 0 spiro atoms. The Kier molecular flexibility index (Phi) is 6.27. The molecule has 0 aliphatic carbocycles. The minimum Gasteiger partial charge on any atom is -0.332 e. The van der Waals surface area contributed by atoms with E-state index >= 15 is 0 Å². The molecule has 0 saturated carbocycles. The number of nitrogens with one attached hydrogen (secondary N) is 2. The summed E-state index contributed by atoms with van der Waals surface area (Å²) in [5.74, 6) is 0. The third-order valence-corrected chi connectivity index (χ3v) is 8.18. The Balaban J connectivity index is 1.47. The van der Waals surface area contributed by atoms with E-state index in [4.69, 9.17) is 12.2 Å². The molecule has 1 fully saturated rings. The van der Waals surface area contributed by atoms with Gasteiger partial charge in [-0.25, -0.2) is 8.42 Å². The fraction of sp³-hybridized carbons (Fsp3) is 0.292. The first kappa shape index (κ1) is 21.7. The third-order valence-electron chi connectivity index (χ3n) is 5.84. The Hall–Kier alpha value is -2.48. The molecule has 4 rings (SSSR count). The van der Waals surface area contributed by atoms with Gasteiger partial charge >= 0.3 is 0 Å². The topological polar surface area (TPSA) is 61.4 Å². The normalized spacial score (nSPS) is 19.8. The van der Waals surface area contributed by atoms with E-state index in [2.05, 4.69) is 22.8 Å². The molecule has 0 aromatic heterocycles. The summed E-state index contributed by atoms with van der Waals surface area (Å²) in [6.07, 6.45) is 2.87. The monoisotopic (exact) mass is 453 g/mol. The van der Waals surface area contributed by atoms with E-state index in [1.165, 1.54) is 0 Å². The van der Waals surface area contributed by atoms with E-state index in [0.717, 1.165) is 41.4 Å². The highest BCUT2D eigenvalue weighted by atomic mass is 32.2. The van der Waals surface area contributed by atoms with Crippen molar-refractivity contribution >= 4 is 49.5 Å². The van der Waals surface area contributed by atoms with Crippen LogP contribution in [0.25, 0.3) is 10.8 Å². The molecule has 0 amide bonds. The molecule has 1 saturated heterocycles. The Morgan fingerprint density at radius 3 is 2.26 bits per heavy atom. The lowest BCUT2D eigenvalue weighted by Crippen LogP contribution is -2.47. The van der Waals surface area contributed by atoms with Gasteiger partial charge in [0.25, 0.3) is 0 Å². The van der Waals surface area contributed by atoms with Gasteiger partial charge in [0.1, 0.15) is 0 Å². The zero-order valence-electron chi connectivity index (χ0n) is 17.7. The predicted octanol–water partition coefficient (Wildman–Crippen LogP) is 5.60. The van der Waals surface area contributed by atoms with Crippen LogP contribution in [0, 0.1) is 0 Å². The summed E-state index contributed by atoms with van der Waals surface area (Å²) in [4.78, 5) is 0.312. The van der Waals surface area contributed by atoms with Gasteiger partial charge in [0.2, 0.25) is 10.0 Å². The van der Waals surface area contributed by atoms with Gasteiger partial charge < -0.3 is 10.6 Å². The molecule has 0 unspecified atom stereocenters. The van der Waals surface area contributed by atoms with Gasteiger partial charge in [-0.3, -0.25) is 0 Å². The van der Waals surface area contributed by atoms with Crippen LogP contribution in [0.3, 0.4) is 0 Å². The summed E-state index contributed by atoms with van der Waals surface area (Å²) in [7, 11) is -3.52. The lowest BCUT2D eigenvalue weighted by molar-refractivity contribution is 0.204. The Morgan fingerprint density at radius 2 is 1.55 bits per heavy atom. The molecule has 1 heterocycles. The van der Waals surface area contributed by atoms with Crippen LogP contribution in [0.15, 0.2) is 71.6 Å². The molecule has 0 bridgehead atoms. The summed E-state index contributed by atoms with van der Waals surface area (Å²) < 4.78 is 28.0. The van der Waals surface area contributed by atoms with Crippen molar-refractivity contribution in [1.82, 2.24) is 4.31 Å². The first-order valence-electron chi connectivity index (χ1n) is 10.6. The van der Waals surface area contributed by atoms with Crippen molar-refractivity contribution in [3.05, 3.63) is 66.7 Å². The Bertz CT molecular complexity index is 1180. The molecule has 31 heavy (non-hydrogen) atoms. The predicted molar refractivity (Wildman–Crippen MR) is 132 cm³/mol. The fourth-order valence-electron chi connectivity index (χ4n) is 4.32. The molecular formula is C24H27N3O2S2. The quantitative estimate of drug-likeness (QED) is 0.504. The minimum atomic E-state index is -3.52. The Labute approximate surface area is 189 Å². The lowest BCUT2D eigenvalue weighted by Gasteiger charge is -2.37. The van der Waals surface area contributed by atoms with Crippen molar-refractivity contribution in [2.24, 2.45) is 0 Å².